The molecule has 0 bridgehead atoms. The smallest absolute Gasteiger partial charge is 0.246 e. The maximum atomic E-state index is 12.8. The summed E-state index contributed by atoms with van der Waals surface area (Å²) in [6.45, 7) is 1.85. The van der Waals surface area contributed by atoms with E-state index in [2.05, 4.69) is 0 Å². The van der Waals surface area contributed by atoms with E-state index in [9.17, 15) is 13.2 Å². The van der Waals surface area contributed by atoms with Crippen molar-refractivity contribution in [2.45, 2.75) is 30.7 Å². The highest BCUT2D eigenvalue weighted by molar-refractivity contribution is 7.89. The van der Waals surface area contributed by atoms with E-state index >= 15 is 0 Å². The van der Waals surface area contributed by atoms with Crippen LogP contribution >= 0.6 is 11.6 Å². The summed E-state index contributed by atoms with van der Waals surface area (Å²) in [5.74, 6) is -0.978. The molecule has 1 aromatic carbocycles. The fourth-order valence-corrected chi connectivity index (χ4v) is 4.90. The average molecular weight is 332 g/mol. The molecule has 1 heterocycles. The van der Waals surface area contributed by atoms with Gasteiger partial charge in [0.05, 0.1) is 16.6 Å². The van der Waals surface area contributed by atoms with Crippen LogP contribution in [0.4, 0.5) is 5.69 Å². The Morgan fingerprint density at radius 3 is 2.62 bits per heavy atom. The molecule has 4 N–H and O–H groups in total. The minimum atomic E-state index is -3.87. The second kappa shape index (κ2) is 5.82. The van der Waals surface area contributed by atoms with E-state index in [4.69, 9.17) is 23.1 Å². The Bertz CT molecular complexity index is 642. The van der Waals surface area contributed by atoms with Gasteiger partial charge in [0.15, 0.2) is 0 Å². The number of nitrogens with zero attached hydrogens (tertiary/aromatic N) is 1. The van der Waals surface area contributed by atoms with E-state index in [1.165, 1.54) is 16.4 Å². The maximum Gasteiger partial charge on any atom is 0.246 e. The standard InChI is InChI=1S/C13H18ClN3O3S/c1-8-5-6-9(13(16)18)7-17(8)21(19,20)12-10(14)3-2-4-11(12)15/h2-4,8-9H,5-7,15H2,1H3,(H2,16,18). The number of hydrogen-bond donors (Lipinski definition) is 2. The van der Waals surface area contributed by atoms with Gasteiger partial charge in [-0.1, -0.05) is 17.7 Å². The predicted octanol–water partition coefficient (Wildman–Crippen LogP) is 1.20. The number of hydrogen-bond acceptors (Lipinski definition) is 4. The normalized spacial score (nSPS) is 23.9. The Labute approximate surface area is 129 Å². The molecule has 116 valence electrons. The molecule has 0 saturated carbocycles. The molecular formula is C13H18ClN3O3S. The van der Waals surface area contributed by atoms with E-state index in [0.29, 0.717) is 12.8 Å². The number of halogens is 1. The third-order valence-electron chi connectivity index (χ3n) is 3.79. The van der Waals surface area contributed by atoms with Crippen molar-refractivity contribution in [1.29, 1.82) is 0 Å². The van der Waals surface area contributed by atoms with Crippen molar-refractivity contribution in [1.82, 2.24) is 4.31 Å². The summed E-state index contributed by atoms with van der Waals surface area (Å²) in [7, 11) is -3.87. The van der Waals surface area contributed by atoms with Gasteiger partial charge in [-0.2, -0.15) is 4.31 Å². The molecule has 8 heteroatoms. The van der Waals surface area contributed by atoms with Crippen molar-refractivity contribution in [2.24, 2.45) is 11.7 Å². The van der Waals surface area contributed by atoms with Crippen LogP contribution in [-0.2, 0) is 14.8 Å². The van der Waals surface area contributed by atoms with Crippen LogP contribution in [0.5, 0.6) is 0 Å². The van der Waals surface area contributed by atoms with Gasteiger partial charge < -0.3 is 11.5 Å². The fraction of sp³-hybridized carbons (Fsp3) is 0.462. The molecule has 2 unspecified atom stereocenters. The number of nitrogen functional groups attached to an aromatic ring is 1. The second-order valence-electron chi connectivity index (χ2n) is 5.26. The summed E-state index contributed by atoms with van der Waals surface area (Å²) >= 11 is 6.00. The molecule has 0 aliphatic carbocycles. The van der Waals surface area contributed by atoms with Crippen LogP contribution in [0.15, 0.2) is 23.1 Å². The number of carbonyl (C=O) groups is 1. The third kappa shape index (κ3) is 3.00. The van der Waals surface area contributed by atoms with Crippen LogP contribution in [0.25, 0.3) is 0 Å². The number of rotatable bonds is 3. The first-order valence-electron chi connectivity index (χ1n) is 6.60. The lowest BCUT2D eigenvalue weighted by molar-refractivity contribution is -0.123. The quantitative estimate of drug-likeness (QED) is 0.811. The number of nitrogens with two attached hydrogens (primary N) is 2. The van der Waals surface area contributed by atoms with Gasteiger partial charge in [-0.25, -0.2) is 8.42 Å². The van der Waals surface area contributed by atoms with Gasteiger partial charge in [0, 0.05) is 12.6 Å². The summed E-state index contributed by atoms with van der Waals surface area (Å²) in [4.78, 5) is 11.2. The molecule has 0 spiro atoms. The van der Waals surface area contributed by atoms with Crippen molar-refractivity contribution in [3.05, 3.63) is 23.2 Å². The first-order valence-corrected chi connectivity index (χ1v) is 8.42. The zero-order valence-electron chi connectivity index (χ0n) is 11.6. The Hall–Kier alpha value is -1.31. The van der Waals surface area contributed by atoms with Gasteiger partial charge in [0.1, 0.15) is 4.90 Å². The van der Waals surface area contributed by atoms with E-state index in [-0.39, 0.29) is 28.2 Å². The number of benzene rings is 1. The van der Waals surface area contributed by atoms with Gasteiger partial charge in [0.2, 0.25) is 15.9 Å². The first-order chi connectivity index (χ1) is 9.75. The lowest BCUT2D eigenvalue weighted by Gasteiger charge is -2.36. The van der Waals surface area contributed by atoms with Crippen molar-refractivity contribution in [2.75, 3.05) is 12.3 Å². The number of carbonyl (C=O) groups excluding carboxylic acids is 1. The Kier molecular flexibility index (Phi) is 4.46. The lowest BCUT2D eigenvalue weighted by atomic mass is 9.95. The molecular weight excluding hydrogens is 314 g/mol. The summed E-state index contributed by atoms with van der Waals surface area (Å²) in [6.07, 6.45) is 1.15. The highest BCUT2D eigenvalue weighted by Gasteiger charge is 2.38. The van der Waals surface area contributed by atoms with Crippen LogP contribution in [0.2, 0.25) is 5.02 Å². The Morgan fingerprint density at radius 1 is 1.38 bits per heavy atom. The largest absolute Gasteiger partial charge is 0.398 e. The first kappa shape index (κ1) is 16.1. The van der Waals surface area contributed by atoms with E-state index in [0.717, 1.165) is 0 Å². The number of sulfonamides is 1. The molecule has 1 aromatic rings. The molecule has 0 aromatic heterocycles. The van der Waals surface area contributed by atoms with Gasteiger partial charge in [0.25, 0.3) is 0 Å². The zero-order chi connectivity index (χ0) is 15.8. The second-order valence-corrected chi connectivity index (χ2v) is 7.49. The monoisotopic (exact) mass is 331 g/mol. The van der Waals surface area contributed by atoms with E-state index in [1.807, 2.05) is 0 Å². The van der Waals surface area contributed by atoms with Gasteiger partial charge in [-0.3, -0.25) is 4.79 Å². The van der Waals surface area contributed by atoms with Crippen LogP contribution in [0.3, 0.4) is 0 Å². The van der Waals surface area contributed by atoms with Crippen molar-refractivity contribution >= 4 is 33.2 Å². The average Bonchev–Trinajstić information content (AvgIpc) is 2.38. The van der Waals surface area contributed by atoms with E-state index < -0.39 is 21.8 Å². The summed E-state index contributed by atoms with van der Waals surface area (Å²) in [5, 5.41) is 0.0726. The number of piperidine rings is 1. The van der Waals surface area contributed by atoms with Crippen LogP contribution in [0, 0.1) is 5.92 Å². The third-order valence-corrected chi connectivity index (χ3v) is 6.32. The topological polar surface area (TPSA) is 106 Å². The molecule has 2 atom stereocenters. The van der Waals surface area contributed by atoms with E-state index in [1.54, 1.807) is 13.0 Å². The predicted molar refractivity (Wildman–Crippen MR) is 81.1 cm³/mol. The SMILES string of the molecule is CC1CCC(C(N)=O)CN1S(=O)(=O)c1c(N)cccc1Cl. The minimum Gasteiger partial charge on any atom is -0.398 e. The van der Waals surface area contributed by atoms with Crippen molar-refractivity contribution in [3.63, 3.8) is 0 Å². The lowest BCUT2D eigenvalue weighted by Crippen LogP contribution is -2.48. The van der Waals surface area contributed by atoms with Crippen LogP contribution < -0.4 is 11.5 Å². The van der Waals surface area contributed by atoms with Gasteiger partial charge >= 0.3 is 0 Å². The molecule has 21 heavy (non-hydrogen) atoms. The molecule has 1 aliphatic heterocycles. The van der Waals surface area contributed by atoms with Crippen LogP contribution in [-0.4, -0.2) is 31.2 Å². The van der Waals surface area contributed by atoms with Gasteiger partial charge in [-0.15, -0.1) is 0 Å². The highest BCUT2D eigenvalue weighted by atomic mass is 35.5. The number of anilines is 1. The molecule has 0 radical (unpaired) electrons. The van der Waals surface area contributed by atoms with Crippen LogP contribution in [0.1, 0.15) is 19.8 Å². The maximum absolute atomic E-state index is 12.8. The molecule has 2 rings (SSSR count). The summed E-state index contributed by atoms with van der Waals surface area (Å²) < 4.78 is 26.9. The minimum absolute atomic E-state index is 0.0590. The molecule has 1 aliphatic rings. The van der Waals surface area contributed by atoms with Crippen molar-refractivity contribution in [3.8, 4) is 0 Å². The molecule has 1 saturated heterocycles. The summed E-state index contributed by atoms with van der Waals surface area (Å²) in [6, 6.07) is 4.31. The molecule has 6 nitrogen and oxygen atoms in total. The number of amides is 1. The summed E-state index contributed by atoms with van der Waals surface area (Å²) in [5.41, 5.74) is 11.2. The molecule has 1 amide bonds. The number of primary amides is 1. The Morgan fingerprint density at radius 2 is 2.05 bits per heavy atom. The van der Waals surface area contributed by atoms with Gasteiger partial charge in [-0.05, 0) is 31.9 Å². The molecule has 1 fully saturated rings. The highest BCUT2D eigenvalue weighted by Crippen LogP contribution is 2.34. The zero-order valence-corrected chi connectivity index (χ0v) is 13.2. The van der Waals surface area contributed by atoms with Crippen molar-refractivity contribution < 1.29 is 13.2 Å². The fourth-order valence-electron chi connectivity index (χ4n) is 2.56. The Balaban J connectivity index is 2.45.